The van der Waals surface area contributed by atoms with Crippen LogP contribution in [0.15, 0.2) is 30.3 Å². The second kappa shape index (κ2) is 9.82. The van der Waals surface area contributed by atoms with Crippen LogP contribution in [0.1, 0.15) is 56.7 Å². The van der Waals surface area contributed by atoms with Crippen LogP contribution in [0.4, 0.5) is 0 Å². The van der Waals surface area contributed by atoms with Gasteiger partial charge >= 0.3 is 0 Å². The Hall–Kier alpha value is -3.39. The van der Waals surface area contributed by atoms with Gasteiger partial charge in [-0.2, -0.15) is 0 Å². The minimum Gasteiger partial charge on any atom is -0.486 e. The summed E-state index contributed by atoms with van der Waals surface area (Å²) in [7, 11) is 0. The van der Waals surface area contributed by atoms with Crippen molar-refractivity contribution in [2.24, 2.45) is 0 Å². The molecule has 168 valence electrons. The molecule has 4 rings (SSSR count). The van der Waals surface area contributed by atoms with Gasteiger partial charge in [0.15, 0.2) is 17.8 Å². The first-order valence-electron chi connectivity index (χ1n) is 10.8. The van der Waals surface area contributed by atoms with Gasteiger partial charge in [-0.15, -0.1) is 0 Å². The zero-order chi connectivity index (χ0) is 22.5. The molecule has 32 heavy (non-hydrogen) atoms. The molecule has 2 aromatic rings. The van der Waals surface area contributed by atoms with Crippen molar-refractivity contribution in [2.75, 3.05) is 13.2 Å². The topological polar surface area (TPSA) is 114 Å². The van der Waals surface area contributed by atoms with E-state index in [2.05, 4.69) is 5.32 Å². The number of rotatable bonds is 7. The van der Waals surface area contributed by atoms with Crippen molar-refractivity contribution in [3.05, 3.63) is 58.1 Å². The van der Waals surface area contributed by atoms with Gasteiger partial charge in [0.2, 0.25) is 5.91 Å². The molecular formula is C24H26N2O6. The number of amides is 2. The van der Waals surface area contributed by atoms with Crippen molar-refractivity contribution >= 4 is 18.1 Å². The standard InChI is InChI=1S/C24H26N2O6/c27-14-20-18-4-2-1-3-16(18)6-7-19(20)24(29)25-17(13-23(28)26-30)11-15-5-8-21-22(12-15)32-10-9-31-21/h5-8,12,14,17,30H,1-4,9-11,13H2,(H,25,29)(H,26,28). The number of hydroxylamine groups is 1. The molecule has 2 aliphatic rings. The molecule has 0 saturated heterocycles. The Morgan fingerprint density at radius 3 is 2.62 bits per heavy atom. The molecule has 3 N–H and O–H groups in total. The summed E-state index contributed by atoms with van der Waals surface area (Å²) < 4.78 is 11.1. The van der Waals surface area contributed by atoms with Crippen LogP contribution in [0.2, 0.25) is 0 Å². The smallest absolute Gasteiger partial charge is 0.252 e. The van der Waals surface area contributed by atoms with Crippen LogP contribution in [0.25, 0.3) is 0 Å². The number of fused-ring (bicyclic) bond motifs is 2. The van der Waals surface area contributed by atoms with Crippen LogP contribution in [0, 0.1) is 0 Å². The van der Waals surface area contributed by atoms with Crippen molar-refractivity contribution in [1.82, 2.24) is 10.8 Å². The number of ether oxygens (including phenoxy) is 2. The van der Waals surface area contributed by atoms with E-state index in [1.165, 1.54) is 0 Å². The van der Waals surface area contributed by atoms with E-state index in [1.54, 1.807) is 17.6 Å². The van der Waals surface area contributed by atoms with E-state index in [-0.39, 0.29) is 6.42 Å². The van der Waals surface area contributed by atoms with Crippen molar-refractivity contribution < 1.29 is 29.1 Å². The highest BCUT2D eigenvalue weighted by Gasteiger charge is 2.23. The van der Waals surface area contributed by atoms with E-state index >= 15 is 0 Å². The number of nitrogens with one attached hydrogen (secondary N) is 2. The van der Waals surface area contributed by atoms with Crippen LogP contribution in [-0.4, -0.2) is 42.6 Å². The Balaban J connectivity index is 1.56. The van der Waals surface area contributed by atoms with Gasteiger partial charge < -0.3 is 14.8 Å². The summed E-state index contributed by atoms with van der Waals surface area (Å²) in [4.78, 5) is 36.8. The summed E-state index contributed by atoms with van der Waals surface area (Å²) in [5.41, 5.74) is 5.23. The molecule has 8 nitrogen and oxygen atoms in total. The van der Waals surface area contributed by atoms with Gasteiger partial charge in [-0.1, -0.05) is 12.1 Å². The first-order chi connectivity index (χ1) is 15.6. The van der Waals surface area contributed by atoms with Gasteiger partial charge in [-0.25, -0.2) is 5.48 Å². The normalized spacial score (nSPS) is 15.3. The molecule has 1 aliphatic heterocycles. The van der Waals surface area contributed by atoms with E-state index in [4.69, 9.17) is 14.7 Å². The van der Waals surface area contributed by atoms with Gasteiger partial charge in [0.1, 0.15) is 13.2 Å². The van der Waals surface area contributed by atoms with Gasteiger partial charge in [-0.05, 0) is 67.0 Å². The number of aldehydes is 1. The lowest BCUT2D eigenvalue weighted by Crippen LogP contribution is -2.40. The number of benzene rings is 2. The van der Waals surface area contributed by atoms with E-state index in [9.17, 15) is 14.4 Å². The fourth-order valence-corrected chi connectivity index (χ4v) is 4.40. The lowest BCUT2D eigenvalue weighted by Gasteiger charge is -2.23. The van der Waals surface area contributed by atoms with Crippen molar-refractivity contribution in [3.8, 4) is 11.5 Å². The molecule has 2 amide bonds. The summed E-state index contributed by atoms with van der Waals surface area (Å²) in [5, 5.41) is 11.8. The molecule has 8 heteroatoms. The van der Waals surface area contributed by atoms with Crippen LogP contribution >= 0.6 is 0 Å². The molecule has 1 atom stereocenters. The van der Waals surface area contributed by atoms with Gasteiger partial charge in [-0.3, -0.25) is 19.6 Å². The lowest BCUT2D eigenvalue weighted by atomic mass is 9.86. The summed E-state index contributed by atoms with van der Waals surface area (Å²) >= 11 is 0. The maximum Gasteiger partial charge on any atom is 0.252 e. The highest BCUT2D eigenvalue weighted by molar-refractivity contribution is 6.02. The van der Waals surface area contributed by atoms with Crippen molar-refractivity contribution in [3.63, 3.8) is 0 Å². The SMILES string of the molecule is O=Cc1c(C(=O)NC(CC(=O)NO)Cc2ccc3c(c2)OCCO3)ccc2c1CCCC2. The Labute approximate surface area is 185 Å². The largest absolute Gasteiger partial charge is 0.486 e. The van der Waals surface area contributed by atoms with Gasteiger partial charge in [0.25, 0.3) is 5.91 Å². The average Bonchev–Trinajstić information content (AvgIpc) is 2.82. The fraction of sp³-hybridized carbons (Fsp3) is 0.375. The Morgan fingerprint density at radius 1 is 1.06 bits per heavy atom. The molecule has 0 bridgehead atoms. The number of carbonyl (C=O) groups excluding carboxylic acids is 3. The minimum atomic E-state index is -0.617. The molecule has 0 aromatic heterocycles. The predicted molar refractivity (Wildman–Crippen MR) is 115 cm³/mol. The molecule has 0 radical (unpaired) electrons. The second-order valence-corrected chi connectivity index (χ2v) is 8.08. The van der Waals surface area contributed by atoms with E-state index in [1.807, 2.05) is 18.2 Å². The third-order valence-electron chi connectivity index (χ3n) is 5.92. The summed E-state index contributed by atoms with van der Waals surface area (Å²) in [6.07, 6.45) is 4.69. The third kappa shape index (κ3) is 4.75. The maximum absolute atomic E-state index is 13.1. The van der Waals surface area contributed by atoms with Crippen LogP contribution in [-0.2, 0) is 24.1 Å². The fourth-order valence-electron chi connectivity index (χ4n) is 4.40. The lowest BCUT2D eigenvalue weighted by molar-refractivity contribution is -0.129. The maximum atomic E-state index is 13.1. The Morgan fingerprint density at radius 2 is 1.84 bits per heavy atom. The summed E-state index contributed by atoms with van der Waals surface area (Å²) in [6.45, 7) is 0.942. The summed E-state index contributed by atoms with van der Waals surface area (Å²) in [5.74, 6) is 0.226. The monoisotopic (exact) mass is 438 g/mol. The predicted octanol–water partition coefficient (Wildman–Crippen LogP) is 2.39. The molecule has 2 aromatic carbocycles. The van der Waals surface area contributed by atoms with Crippen molar-refractivity contribution in [2.45, 2.75) is 44.6 Å². The first kappa shape index (κ1) is 21.8. The first-order valence-corrected chi connectivity index (χ1v) is 10.8. The van der Waals surface area contributed by atoms with Crippen LogP contribution in [0.3, 0.4) is 0 Å². The average molecular weight is 438 g/mol. The second-order valence-electron chi connectivity index (χ2n) is 8.08. The van der Waals surface area contributed by atoms with Crippen LogP contribution < -0.4 is 20.3 Å². The summed E-state index contributed by atoms with van der Waals surface area (Å²) in [6, 6.07) is 8.44. The van der Waals surface area contributed by atoms with Gasteiger partial charge in [0, 0.05) is 18.0 Å². The van der Waals surface area contributed by atoms with Crippen LogP contribution in [0.5, 0.6) is 11.5 Å². The highest BCUT2D eigenvalue weighted by Crippen LogP contribution is 2.31. The van der Waals surface area contributed by atoms with E-state index < -0.39 is 17.9 Å². The highest BCUT2D eigenvalue weighted by atomic mass is 16.6. The molecule has 1 aliphatic carbocycles. The minimum absolute atomic E-state index is 0.127. The molecule has 0 spiro atoms. The number of carbonyl (C=O) groups is 3. The quantitative estimate of drug-likeness (QED) is 0.348. The Bertz CT molecular complexity index is 1040. The molecule has 0 fully saturated rings. The van der Waals surface area contributed by atoms with Gasteiger partial charge in [0.05, 0.1) is 5.56 Å². The van der Waals surface area contributed by atoms with E-state index in [0.717, 1.165) is 48.7 Å². The molecule has 1 heterocycles. The zero-order valence-corrected chi connectivity index (χ0v) is 17.7. The molecule has 0 saturated carbocycles. The number of hydrogen-bond acceptors (Lipinski definition) is 6. The zero-order valence-electron chi connectivity index (χ0n) is 17.7. The number of aryl methyl sites for hydroxylation is 1. The van der Waals surface area contributed by atoms with Crippen molar-refractivity contribution in [1.29, 1.82) is 0 Å². The van der Waals surface area contributed by atoms with E-state index in [0.29, 0.717) is 42.3 Å². The molecular weight excluding hydrogens is 412 g/mol. The Kier molecular flexibility index (Phi) is 6.70. The number of hydrogen-bond donors (Lipinski definition) is 3. The third-order valence-corrected chi connectivity index (χ3v) is 5.92. The molecule has 1 unspecified atom stereocenters.